The minimum atomic E-state index is -3.20. The molecule has 0 spiro atoms. The molecule has 0 fully saturated rings. The van der Waals surface area contributed by atoms with E-state index in [-0.39, 0.29) is 5.66 Å². The van der Waals surface area contributed by atoms with Gasteiger partial charge in [0.15, 0.2) is 0 Å². The second-order valence-corrected chi connectivity index (χ2v) is 8.05. The molecular formula is C16H26ClO3P. The third-order valence-corrected chi connectivity index (χ3v) is 5.99. The smallest absolute Gasteiger partial charge is 0.381 e. The molecule has 1 aromatic rings. The van der Waals surface area contributed by atoms with Gasteiger partial charge in [-0.05, 0) is 31.9 Å². The third-order valence-electron chi connectivity index (χ3n) is 3.35. The van der Waals surface area contributed by atoms with Crippen LogP contribution < -0.4 is 4.52 Å². The summed E-state index contributed by atoms with van der Waals surface area (Å²) in [5.74, 6) is 0.433. The molecule has 1 rings (SSSR count). The lowest BCUT2D eigenvalue weighted by molar-refractivity contribution is 0.251. The van der Waals surface area contributed by atoms with Gasteiger partial charge < -0.3 is 4.52 Å². The molecule has 0 aliphatic carbocycles. The molecule has 5 heteroatoms. The monoisotopic (exact) mass is 332 g/mol. The van der Waals surface area contributed by atoms with E-state index >= 15 is 0 Å². The molecular weight excluding hydrogens is 307 g/mol. The molecule has 0 aliphatic heterocycles. The maximum Gasteiger partial charge on any atom is 0.381 e. The fourth-order valence-corrected chi connectivity index (χ4v) is 3.92. The standard InChI is InChI=1S/C16H26ClO3P/c1-4-6-10-14(3)21(18,19-13-7-5-2)20-16-12-9-8-11-15(16)17/h8-9,11-12,14H,4-7,10,13H2,1-3H3. The van der Waals surface area contributed by atoms with Crippen molar-refractivity contribution in [2.24, 2.45) is 0 Å². The minimum absolute atomic E-state index is 0.134. The minimum Gasteiger partial charge on any atom is -0.423 e. The Morgan fingerprint density at radius 3 is 2.48 bits per heavy atom. The van der Waals surface area contributed by atoms with Crippen LogP contribution in [0.4, 0.5) is 0 Å². The summed E-state index contributed by atoms with van der Waals surface area (Å²) in [5.41, 5.74) is -0.134. The van der Waals surface area contributed by atoms with E-state index in [1.54, 1.807) is 12.1 Å². The highest BCUT2D eigenvalue weighted by Gasteiger charge is 2.34. The van der Waals surface area contributed by atoms with Crippen molar-refractivity contribution in [3.05, 3.63) is 29.3 Å². The van der Waals surface area contributed by atoms with E-state index in [1.807, 2.05) is 19.1 Å². The largest absolute Gasteiger partial charge is 0.423 e. The normalized spacial score (nSPS) is 15.4. The lowest BCUT2D eigenvalue weighted by atomic mass is 10.2. The maximum atomic E-state index is 13.1. The SMILES string of the molecule is CCCCOP(=O)(Oc1ccccc1Cl)C(C)CCCC. The third kappa shape index (κ3) is 6.02. The summed E-state index contributed by atoms with van der Waals surface area (Å²) in [6.45, 7) is 6.57. The molecule has 120 valence electrons. The molecule has 2 atom stereocenters. The lowest BCUT2D eigenvalue weighted by Crippen LogP contribution is -2.12. The van der Waals surface area contributed by atoms with Gasteiger partial charge in [-0.1, -0.05) is 56.8 Å². The van der Waals surface area contributed by atoms with Crippen LogP contribution in [-0.2, 0) is 9.09 Å². The van der Waals surface area contributed by atoms with Crippen LogP contribution in [0.3, 0.4) is 0 Å². The number of unbranched alkanes of at least 4 members (excludes halogenated alkanes) is 2. The first-order valence-corrected chi connectivity index (χ1v) is 9.70. The summed E-state index contributed by atoms with van der Waals surface area (Å²) >= 11 is 6.10. The Morgan fingerprint density at radius 1 is 1.19 bits per heavy atom. The molecule has 0 bridgehead atoms. The number of benzene rings is 1. The predicted molar refractivity (Wildman–Crippen MR) is 89.5 cm³/mol. The van der Waals surface area contributed by atoms with Crippen LogP contribution in [0.5, 0.6) is 5.75 Å². The summed E-state index contributed by atoms with van der Waals surface area (Å²) in [6, 6.07) is 7.08. The summed E-state index contributed by atoms with van der Waals surface area (Å²) < 4.78 is 24.5. The molecule has 0 aliphatic rings. The Hall–Kier alpha value is -0.500. The number of para-hydroxylation sites is 1. The number of rotatable bonds is 10. The van der Waals surface area contributed by atoms with Crippen molar-refractivity contribution in [1.29, 1.82) is 0 Å². The molecule has 0 heterocycles. The van der Waals surface area contributed by atoms with Crippen molar-refractivity contribution in [2.45, 2.75) is 58.5 Å². The Bertz CT molecular complexity index is 465. The Morgan fingerprint density at radius 2 is 1.86 bits per heavy atom. The quantitative estimate of drug-likeness (QED) is 0.372. The van der Waals surface area contributed by atoms with E-state index in [0.717, 1.165) is 32.1 Å². The molecule has 0 saturated heterocycles. The van der Waals surface area contributed by atoms with Gasteiger partial charge in [-0.15, -0.1) is 0 Å². The predicted octanol–water partition coefficient (Wildman–Crippen LogP) is 6.31. The van der Waals surface area contributed by atoms with Crippen molar-refractivity contribution in [1.82, 2.24) is 0 Å². The molecule has 0 saturated carbocycles. The van der Waals surface area contributed by atoms with Gasteiger partial charge in [0.05, 0.1) is 17.3 Å². The van der Waals surface area contributed by atoms with Gasteiger partial charge in [-0.2, -0.15) is 0 Å². The number of hydrogen-bond acceptors (Lipinski definition) is 3. The van der Waals surface area contributed by atoms with Crippen LogP contribution in [0.1, 0.15) is 52.9 Å². The van der Waals surface area contributed by atoms with Crippen LogP contribution in [0.25, 0.3) is 0 Å². The molecule has 0 radical (unpaired) electrons. The maximum absolute atomic E-state index is 13.1. The Kier molecular flexibility index (Phi) is 8.39. The second kappa shape index (κ2) is 9.50. The average Bonchev–Trinajstić information content (AvgIpc) is 2.47. The van der Waals surface area contributed by atoms with Crippen LogP contribution >= 0.6 is 19.2 Å². The van der Waals surface area contributed by atoms with Crippen molar-refractivity contribution in [2.75, 3.05) is 6.61 Å². The van der Waals surface area contributed by atoms with Crippen molar-refractivity contribution < 1.29 is 13.6 Å². The summed E-state index contributed by atoms with van der Waals surface area (Å²) in [7, 11) is -3.20. The van der Waals surface area contributed by atoms with Crippen LogP contribution in [0, 0.1) is 0 Å². The molecule has 0 aromatic heterocycles. The van der Waals surface area contributed by atoms with Crippen LogP contribution in [0.2, 0.25) is 5.02 Å². The van der Waals surface area contributed by atoms with E-state index in [1.165, 1.54) is 0 Å². The van der Waals surface area contributed by atoms with Crippen LogP contribution in [-0.4, -0.2) is 12.3 Å². The molecule has 0 amide bonds. The number of hydrogen-bond donors (Lipinski definition) is 0. The average molecular weight is 333 g/mol. The van der Waals surface area contributed by atoms with Crippen molar-refractivity contribution in [3.8, 4) is 5.75 Å². The summed E-state index contributed by atoms with van der Waals surface area (Å²) in [6.07, 6.45) is 4.76. The van der Waals surface area contributed by atoms with Crippen LogP contribution in [0.15, 0.2) is 24.3 Å². The Balaban J connectivity index is 2.85. The van der Waals surface area contributed by atoms with Gasteiger partial charge >= 0.3 is 7.60 Å². The lowest BCUT2D eigenvalue weighted by Gasteiger charge is -2.25. The highest BCUT2D eigenvalue weighted by molar-refractivity contribution is 7.55. The zero-order chi connectivity index (χ0) is 15.7. The van der Waals surface area contributed by atoms with E-state index in [0.29, 0.717) is 17.4 Å². The fraction of sp³-hybridized carbons (Fsp3) is 0.625. The van der Waals surface area contributed by atoms with Gasteiger partial charge in [-0.3, -0.25) is 4.52 Å². The van der Waals surface area contributed by atoms with Crippen molar-refractivity contribution in [3.63, 3.8) is 0 Å². The summed E-state index contributed by atoms with van der Waals surface area (Å²) in [4.78, 5) is 0. The first-order valence-electron chi connectivity index (χ1n) is 7.71. The molecule has 21 heavy (non-hydrogen) atoms. The van der Waals surface area contributed by atoms with Gasteiger partial charge in [0.25, 0.3) is 0 Å². The fourth-order valence-electron chi connectivity index (χ4n) is 1.89. The molecule has 0 N–H and O–H groups in total. The second-order valence-electron chi connectivity index (χ2n) is 5.24. The van der Waals surface area contributed by atoms with Crippen molar-refractivity contribution >= 4 is 19.2 Å². The topological polar surface area (TPSA) is 35.5 Å². The van der Waals surface area contributed by atoms with E-state index < -0.39 is 7.60 Å². The first kappa shape index (κ1) is 18.5. The zero-order valence-electron chi connectivity index (χ0n) is 13.2. The molecule has 2 unspecified atom stereocenters. The Labute approximate surface area is 133 Å². The van der Waals surface area contributed by atoms with E-state index in [9.17, 15) is 4.57 Å². The van der Waals surface area contributed by atoms with E-state index in [4.69, 9.17) is 20.6 Å². The molecule has 3 nitrogen and oxygen atoms in total. The molecule has 1 aromatic carbocycles. The van der Waals surface area contributed by atoms with Gasteiger partial charge in [0.1, 0.15) is 5.75 Å². The highest BCUT2D eigenvalue weighted by atomic mass is 35.5. The number of halogens is 1. The van der Waals surface area contributed by atoms with Gasteiger partial charge in [0.2, 0.25) is 0 Å². The van der Waals surface area contributed by atoms with E-state index in [2.05, 4.69) is 13.8 Å². The van der Waals surface area contributed by atoms with Gasteiger partial charge in [0, 0.05) is 0 Å². The summed E-state index contributed by atoms with van der Waals surface area (Å²) in [5, 5.41) is 0.458. The highest BCUT2D eigenvalue weighted by Crippen LogP contribution is 2.55. The zero-order valence-corrected chi connectivity index (χ0v) is 14.8. The van der Waals surface area contributed by atoms with Gasteiger partial charge in [-0.25, -0.2) is 4.57 Å². The first-order chi connectivity index (χ1) is 10.0.